The molecule has 3 aromatic rings. The number of halogens is 1. The summed E-state index contributed by atoms with van der Waals surface area (Å²) in [6.45, 7) is 1.90. The maximum atomic E-state index is 14.6. The number of carboxylic acid groups (broad SMARTS) is 1. The van der Waals surface area contributed by atoms with Gasteiger partial charge in [-0.3, -0.25) is 14.7 Å². The second-order valence-corrected chi connectivity index (χ2v) is 9.18. The van der Waals surface area contributed by atoms with Crippen molar-refractivity contribution < 1.29 is 19.0 Å². The van der Waals surface area contributed by atoms with Gasteiger partial charge in [-0.25, -0.2) is 4.39 Å². The minimum absolute atomic E-state index is 0.0780. The van der Waals surface area contributed by atoms with Crippen molar-refractivity contribution in [2.75, 3.05) is 26.7 Å². The summed E-state index contributed by atoms with van der Waals surface area (Å²) in [5.74, 6) is 5.51. The van der Waals surface area contributed by atoms with Crippen LogP contribution in [-0.4, -0.2) is 47.7 Å². The number of hydrogen-bond acceptors (Lipinski definition) is 5. The lowest BCUT2D eigenvalue weighted by atomic mass is 9.81. The molecule has 0 radical (unpaired) electrons. The molecule has 1 aromatic carbocycles. The monoisotopic (exact) mass is 466 g/mol. The maximum Gasteiger partial charge on any atom is 0.308 e. The Labute approximate surface area is 197 Å². The molecule has 2 atom stereocenters. The first-order chi connectivity index (χ1) is 16.0. The average molecular weight is 467 g/mol. The Bertz CT molecular complexity index is 1170. The van der Waals surface area contributed by atoms with Gasteiger partial charge in [0.25, 0.3) is 0 Å². The van der Waals surface area contributed by atoms with E-state index in [1.807, 2.05) is 35.0 Å². The van der Waals surface area contributed by atoms with E-state index in [9.17, 15) is 14.3 Å². The molecule has 2 aromatic heterocycles. The van der Waals surface area contributed by atoms with Gasteiger partial charge in [-0.2, -0.15) is 11.3 Å². The number of rotatable bonds is 7. The number of likely N-dealkylation sites (tertiary alicyclic amines) is 1. The van der Waals surface area contributed by atoms with Crippen LogP contribution in [0.15, 0.2) is 41.2 Å². The van der Waals surface area contributed by atoms with Gasteiger partial charge >= 0.3 is 5.97 Å². The molecule has 2 unspecified atom stereocenters. The molecular weight excluding hydrogens is 439 g/mol. The minimum Gasteiger partial charge on any atom is -0.497 e. The zero-order valence-electron chi connectivity index (χ0n) is 18.6. The van der Waals surface area contributed by atoms with Crippen LogP contribution in [0, 0.1) is 29.5 Å². The summed E-state index contributed by atoms with van der Waals surface area (Å²) in [6, 6.07) is 7.44. The highest BCUT2D eigenvalue weighted by atomic mass is 32.1. The van der Waals surface area contributed by atoms with Gasteiger partial charge in [-0.05, 0) is 73.4 Å². The van der Waals surface area contributed by atoms with E-state index in [0.29, 0.717) is 30.8 Å². The van der Waals surface area contributed by atoms with E-state index >= 15 is 0 Å². The lowest BCUT2D eigenvalue weighted by Crippen LogP contribution is -2.44. The molecule has 0 amide bonds. The Kier molecular flexibility index (Phi) is 7.58. The molecule has 4 rings (SSSR count). The summed E-state index contributed by atoms with van der Waals surface area (Å²) in [4.78, 5) is 18.3. The SMILES string of the molecule is COc1ccc2ncc(F)c(CCCC3CCN(CC#Cc4ccsc4)CC3C(=O)O)c2c1. The third kappa shape index (κ3) is 5.70. The van der Waals surface area contributed by atoms with Crippen LogP contribution >= 0.6 is 11.3 Å². The van der Waals surface area contributed by atoms with Gasteiger partial charge in [-0.15, -0.1) is 0 Å². The Morgan fingerprint density at radius 3 is 3.03 bits per heavy atom. The Balaban J connectivity index is 1.37. The van der Waals surface area contributed by atoms with Crippen molar-refractivity contribution in [3.8, 4) is 17.6 Å². The number of aromatic nitrogens is 1. The van der Waals surface area contributed by atoms with Crippen LogP contribution in [0.5, 0.6) is 5.75 Å². The van der Waals surface area contributed by atoms with Crippen molar-refractivity contribution in [3.63, 3.8) is 0 Å². The molecule has 3 heterocycles. The van der Waals surface area contributed by atoms with Gasteiger partial charge in [0.15, 0.2) is 0 Å². The lowest BCUT2D eigenvalue weighted by Gasteiger charge is -2.35. The predicted octanol–water partition coefficient (Wildman–Crippen LogP) is 4.84. The average Bonchev–Trinajstić information content (AvgIpc) is 3.34. The number of carbonyl (C=O) groups is 1. The standard InChI is InChI=1S/C26H27FN2O3S/c1-32-20-7-8-25-22(14-20)21(24(27)15-28-25)6-2-5-19-9-12-29(16-23(19)26(30)31)11-3-4-18-10-13-33-17-18/h7-8,10,13-15,17,19,23H,2,5-6,9,11-12,16H2,1H3,(H,30,31). The van der Waals surface area contributed by atoms with Crippen LogP contribution in [0.3, 0.4) is 0 Å². The van der Waals surface area contributed by atoms with Crippen molar-refractivity contribution in [2.45, 2.75) is 25.7 Å². The molecule has 5 nitrogen and oxygen atoms in total. The van der Waals surface area contributed by atoms with Crippen LogP contribution in [0.2, 0.25) is 0 Å². The molecule has 172 valence electrons. The molecule has 1 fully saturated rings. The molecule has 0 saturated carbocycles. The van der Waals surface area contributed by atoms with Crippen LogP contribution in [-0.2, 0) is 11.2 Å². The highest BCUT2D eigenvalue weighted by Crippen LogP contribution is 2.30. The Hall–Kier alpha value is -2.95. The highest BCUT2D eigenvalue weighted by molar-refractivity contribution is 7.08. The van der Waals surface area contributed by atoms with Gasteiger partial charge in [0.2, 0.25) is 0 Å². The number of ether oxygens (including phenoxy) is 1. The zero-order valence-corrected chi connectivity index (χ0v) is 19.4. The summed E-state index contributed by atoms with van der Waals surface area (Å²) >= 11 is 1.61. The Morgan fingerprint density at radius 2 is 2.27 bits per heavy atom. The van der Waals surface area contributed by atoms with Crippen LogP contribution in [0.25, 0.3) is 10.9 Å². The van der Waals surface area contributed by atoms with E-state index in [1.165, 1.54) is 6.20 Å². The largest absolute Gasteiger partial charge is 0.497 e. The smallest absolute Gasteiger partial charge is 0.308 e. The number of piperidine rings is 1. The maximum absolute atomic E-state index is 14.6. The van der Waals surface area contributed by atoms with E-state index in [4.69, 9.17) is 4.74 Å². The zero-order chi connectivity index (χ0) is 23.2. The minimum atomic E-state index is -0.763. The number of aliphatic carboxylic acids is 1. The lowest BCUT2D eigenvalue weighted by molar-refractivity contribution is -0.146. The first-order valence-corrected chi connectivity index (χ1v) is 12.1. The molecule has 1 aliphatic rings. The van der Waals surface area contributed by atoms with Crippen LogP contribution < -0.4 is 4.74 Å². The third-order valence-electron chi connectivity index (χ3n) is 6.35. The van der Waals surface area contributed by atoms with Crippen LogP contribution in [0.1, 0.15) is 30.4 Å². The Morgan fingerprint density at radius 1 is 1.39 bits per heavy atom. The molecule has 33 heavy (non-hydrogen) atoms. The molecular formula is C26H27FN2O3S. The van der Waals surface area contributed by atoms with Gasteiger partial charge in [-0.1, -0.05) is 11.8 Å². The number of carboxylic acids is 1. The summed E-state index contributed by atoms with van der Waals surface area (Å²) in [6.07, 6.45) is 4.08. The van der Waals surface area contributed by atoms with E-state index < -0.39 is 11.9 Å². The van der Waals surface area contributed by atoms with E-state index in [-0.39, 0.29) is 11.7 Å². The van der Waals surface area contributed by atoms with Gasteiger partial charge < -0.3 is 9.84 Å². The second kappa shape index (κ2) is 10.8. The number of nitrogens with zero attached hydrogens (tertiary/aromatic N) is 2. The molecule has 0 spiro atoms. The molecule has 7 heteroatoms. The number of thiophene rings is 1. The number of fused-ring (bicyclic) bond motifs is 1. The number of hydrogen-bond donors (Lipinski definition) is 1. The van der Waals surface area contributed by atoms with Crippen molar-refractivity contribution in [1.29, 1.82) is 0 Å². The summed E-state index contributed by atoms with van der Waals surface area (Å²) < 4.78 is 19.9. The fourth-order valence-corrected chi connectivity index (χ4v) is 5.14. The van der Waals surface area contributed by atoms with E-state index in [0.717, 1.165) is 42.3 Å². The second-order valence-electron chi connectivity index (χ2n) is 8.40. The first-order valence-electron chi connectivity index (χ1n) is 11.1. The molecule has 1 aliphatic heterocycles. The van der Waals surface area contributed by atoms with E-state index in [1.54, 1.807) is 18.4 Å². The molecule has 0 bridgehead atoms. The van der Waals surface area contributed by atoms with Gasteiger partial charge in [0.05, 0.1) is 31.3 Å². The fraction of sp³-hybridized carbons (Fsp3) is 0.385. The molecule has 0 aliphatic carbocycles. The number of aryl methyl sites for hydroxylation is 1. The summed E-state index contributed by atoms with van der Waals surface area (Å²) in [5, 5.41) is 14.6. The fourth-order valence-electron chi connectivity index (χ4n) is 4.55. The van der Waals surface area contributed by atoms with Gasteiger partial charge in [0.1, 0.15) is 11.6 Å². The normalized spacial score (nSPS) is 18.6. The summed E-state index contributed by atoms with van der Waals surface area (Å²) in [5.41, 5.74) is 2.34. The van der Waals surface area contributed by atoms with Crippen molar-refractivity contribution in [2.24, 2.45) is 11.8 Å². The molecule has 1 N–H and O–H groups in total. The topological polar surface area (TPSA) is 62.7 Å². The number of pyridine rings is 1. The quantitative estimate of drug-likeness (QED) is 0.505. The highest BCUT2D eigenvalue weighted by Gasteiger charge is 2.33. The third-order valence-corrected chi connectivity index (χ3v) is 7.03. The van der Waals surface area contributed by atoms with Crippen molar-refractivity contribution >= 4 is 28.2 Å². The number of methoxy groups -OCH3 is 1. The van der Waals surface area contributed by atoms with Crippen LogP contribution in [0.4, 0.5) is 4.39 Å². The molecule has 1 saturated heterocycles. The number of benzene rings is 1. The van der Waals surface area contributed by atoms with Gasteiger partial charge in [0, 0.05) is 22.9 Å². The first kappa shape index (κ1) is 23.2. The predicted molar refractivity (Wildman–Crippen MR) is 128 cm³/mol. The summed E-state index contributed by atoms with van der Waals surface area (Å²) in [7, 11) is 1.58. The van der Waals surface area contributed by atoms with E-state index in [2.05, 4.69) is 21.7 Å². The van der Waals surface area contributed by atoms with Crippen molar-refractivity contribution in [3.05, 3.63) is 58.2 Å². The van der Waals surface area contributed by atoms with Crippen molar-refractivity contribution in [1.82, 2.24) is 9.88 Å².